The average Bonchev–Trinajstić information content (AvgIpc) is 2.32. The Kier molecular flexibility index (Phi) is 5.38. The molecule has 1 aromatic carbocycles. The molecule has 0 saturated carbocycles. The molecule has 1 N–H and O–H groups in total. The molecule has 1 aliphatic rings. The fourth-order valence-electron chi connectivity index (χ4n) is 1.93. The second-order valence-electron chi connectivity index (χ2n) is 4.24. The molecule has 0 radical (unpaired) electrons. The first-order valence-corrected chi connectivity index (χ1v) is 5.93. The highest BCUT2D eigenvalue weighted by Crippen LogP contribution is 2.17. The van der Waals surface area contributed by atoms with E-state index in [-0.39, 0.29) is 29.4 Å². The minimum Gasteiger partial charge on any atom is -0.336 e. The molecule has 1 fully saturated rings. The number of rotatable bonds is 1. The van der Waals surface area contributed by atoms with Crippen LogP contribution in [-0.4, -0.2) is 36.5 Å². The van der Waals surface area contributed by atoms with Crippen molar-refractivity contribution in [3.05, 3.63) is 34.6 Å². The Balaban J connectivity index is 0.00000162. The summed E-state index contributed by atoms with van der Waals surface area (Å²) in [5.74, 6) is -0.699. The van der Waals surface area contributed by atoms with Crippen LogP contribution >= 0.6 is 24.0 Å². The summed E-state index contributed by atoms with van der Waals surface area (Å²) < 4.78 is 13.3. The third-order valence-corrected chi connectivity index (χ3v) is 3.13. The van der Waals surface area contributed by atoms with Crippen molar-refractivity contribution >= 4 is 29.9 Å². The molecule has 0 spiro atoms. The molecule has 1 saturated heterocycles. The Morgan fingerprint density at radius 3 is 2.89 bits per heavy atom. The first kappa shape index (κ1) is 15.2. The van der Waals surface area contributed by atoms with Crippen molar-refractivity contribution in [3.8, 4) is 0 Å². The molecule has 1 unspecified atom stereocenters. The topological polar surface area (TPSA) is 32.3 Å². The average molecular weight is 293 g/mol. The van der Waals surface area contributed by atoms with Crippen LogP contribution in [0.2, 0.25) is 5.02 Å². The van der Waals surface area contributed by atoms with Gasteiger partial charge in [-0.25, -0.2) is 4.39 Å². The quantitative estimate of drug-likeness (QED) is 0.862. The zero-order valence-corrected chi connectivity index (χ0v) is 11.5. The Morgan fingerprint density at radius 1 is 1.56 bits per heavy atom. The lowest BCUT2D eigenvalue weighted by Crippen LogP contribution is -2.51. The second kappa shape index (κ2) is 6.36. The van der Waals surface area contributed by atoms with Gasteiger partial charge in [0.25, 0.3) is 5.91 Å². The molecular formula is C12H15Cl2FN2O. The van der Waals surface area contributed by atoms with Gasteiger partial charge in [-0.1, -0.05) is 11.6 Å². The van der Waals surface area contributed by atoms with Gasteiger partial charge in [-0.2, -0.15) is 0 Å². The predicted molar refractivity (Wildman–Crippen MR) is 72.0 cm³/mol. The van der Waals surface area contributed by atoms with E-state index >= 15 is 0 Å². The van der Waals surface area contributed by atoms with Crippen LogP contribution in [0, 0.1) is 5.82 Å². The minimum absolute atomic E-state index is 0. The van der Waals surface area contributed by atoms with Crippen molar-refractivity contribution < 1.29 is 9.18 Å². The molecule has 0 aromatic heterocycles. The maximum absolute atomic E-state index is 13.3. The van der Waals surface area contributed by atoms with Crippen LogP contribution in [0.15, 0.2) is 18.2 Å². The number of nitrogens with zero attached hydrogens (tertiary/aromatic N) is 1. The third-order valence-electron chi connectivity index (χ3n) is 2.82. The fourth-order valence-corrected chi connectivity index (χ4v) is 2.05. The number of nitrogens with one attached hydrogen (secondary N) is 1. The van der Waals surface area contributed by atoms with Gasteiger partial charge in [-0.3, -0.25) is 4.79 Å². The van der Waals surface area contributed by atoms with Crippen molar-refractivity contribution in [1.82, 2.24) is 10.2 Å². The predicted octanol–water partition coefficient (Wildman–Crippen LogP) is 2.33. The van der Waals surface area contributed by atoms with Gasteiger partial charge in [0, 0.05) is 31.2 Å². The summed E-state index contributed by atoms with van der Waals surface area (Å²) in [5.41, 5.74) is 0.348. The van der Waals surface area contributed by atoms with Gasteiger partial charge in [-0.15, -0.1) is 12.4 Å². The van der Waals surface area contributed by atoms with Gasteiger partial charge in [0.05, 0.1) is 5.02 Å². The van der Waals surface area contributed by atoms with Crippen LogP contribution in [0.5, 0.6) is 0 Å². The lowest BCUT2D eigenvalue weighted by Gasteiger charge is -2.32. The number of hydrogen-bond donors (Lipinski definition) is 1. The van der Waals surface area contributed by atoms with Crippen molar-refractivity contribution in [2.75, 3.05) is 19.6 Å². The molecule has 2 rings (SSSR count). The summed E-state index contributed by atoms with van der Waals surface area (Å²) in [6.07, 6.45) is 0. The van der Waals surface area contributed by atoms with Gasteiger partial charge in [0.2, 0.25) is 0 Å². The van der Waals surface area contributed by atoms with E-state index in [2.05, 4.69) is 5.32 Å². The monoisotopic (exact) mass is 292 g/mol. The van der Waals surface area contributed by atoms with E-state index in [1.165, 1.54) is 12.1 Å². The number of carbonyl (C=O) groups is 1. The molecular weight excluding hydrogens is 278 g/mol. The Morgan fingerprint density at radius 2 is 2.28 bits per heavy atom. The fraction of sp³-hybridized carbons (Fsp3) is 0.417. The summed E-state index contributed by atoms with van der Waals surface area (Å²) >= 11 is 5.58. The number of amides is 1. The third kappa shape index (κ3) is 3.34. The molecule has 1 atom stereocenters. The summed E-state index contributed by atoms with van der Waals surface area (Å²) in [5, 5.41) is 3.29. The molecule has 6 heteroatoms. The Bertz CT molecular complexity index is 442. The van der Waals surface area contributed by atoms with E-state index in [0.29, 0.717) is 18.7 Å². The maximum atomic E-state index is 13.3. The molecule has 0 aliphatic carbocycles. The maximum Gasteiger partial charge on any atom is 0.254 e. The first-order valence-electron chi connectivity index (χ1n) is 5.55. The van der Waals surface area contributed by atoms with Gasteiger partial charge < -0.3 is 10.2 Å². The zero-order chi connectivity index (χ0) is 12.4. The van der Waals surface area contributed by atoms with E-state index in [4.69, 9.17) is 11.6 Å². The number of carbonyl (C=O) groups excluding carboxylic acids is 1. The first-order chi connectivity index (χ1) is 8.08. The second-order valence-corrected chi connectivity index (χ2v) is 4.64. The highest BCUT2D eigenvalue weighted by atomic mass is 35.5. The number of benzene rings is 1. The molecule has 1 heterocycles. The minimum atomic E-state index is -0.555. The summed E-state index contributed by atoms with van der Waals surface area (Å²) in [6, 6.07) is 4.43. The van der Waals surface area contributed by atoms with E-state index in [1.54, 1.807) is 11.0 Å². The normalized spacial score (nSPS) is 19.3. The molecule has 0 bridgehead atoms. The molecule has 100 valence electrons. The van der Waals surface area contributed by atoms with Crippen molar-refractivity contribution in [2.45, 2.75) is 13.0 Å². The van der Waals surface area contributed by atoms with Crippen molar-refractivity contribution in [1.29, 1.82) is 0 Å². The van der Waals surface area contributed by atoms with Crippen LogP contribution in [0.1, 0.15) is 17.3 Å². The highest BCUT2D eigenvalue weighted by Gasteiger charge is 2.22. The highest BCUT2D eigenvalue weighted by molar-refractivity contribution is 6.30. The van der Waals surface area contributed by atoms with Gasteiger partial charge >= 0.3 is 0 Å². The van der Waals surface area contributed by atoms with Crippen LogP contribution < -0.4 is 5.32 Å². The van der Waals surface area contributed by atoms with E-state index in [9.17, 15) is 9.18 Å². The zero-order valence-electron chi connectivity index (χ0n) is 9.95. The van der Waals surface area contributed by atoms with Gasteiger partial charge in [0.1, 0.15) is 5.82 Å². The van der Waals surface area contributed by atoms with Crippen LogP contribution in [0.3, 0.4) is 0 Å². The summed E-state index contributed by atoms with van der Waals surface area (Å²) in [6.45, 7) is 4.07. The van der Waals surface area contributed by atoms with Gasteiger partial charge in [-0.05, 0) is 25.1 Å². The van der Waals surface area contributed by atoms with Crippen molar-refractivity contribution in [2.24, 2.45) is 0 Å². The van der Waals surface area contributed by atoms with Crippen LogP contribution in [0.4, 0.5) is 4.39 Å². The summed E-state index contributed by atoms with van der Waals surface area (Å²) in [4.78, 5) is 13.8. The van der Waals surface area contributed by atoms with Crippen molar-refractivity contribution in [3.63, 3.8) is 0 Å². The van der Waals surface area contributed by atoms with E-state index in [0.717, 1.165) is 6.54 Å². The molecule has 18 heavy (non-hydrogen) atoms. The molecule has 3 nitrogen and oxygen atoms in total. The van der Waals surface area contributed by atoms with Crippen LogP contribution in [0.25, 0.3) is 0 Å². The Labute approximate surface area is 117 Å². The smallest absolute Gasteiger partial charge is 0.254 e. The van der Waals surface area contributed by atoms with Gasteiger partial charge in [0.15, 0.2) is 0 Å². The molecule has 1 aliphatic heterocycles. The van der Waals surface area contributed by atoms with E-state index in [1.807, 2.05) is 6.92 Å². The number of piperazine rings is 1. The van der Waals surface area contributed by atoms with Crippen LogP contribution in [-0.2, 0) is 0 Å². The SMILES string of the molecule is CC1CN(C(=O)c2ccc(Cl)c(F)c2)CCN1.Cl. The lowest BCUT2D eigenvalue weighted by atomic mass is 10.1. The van der Waals surface area contributed by atoms with E-state index < -0.39 is 5.82 Å². The number of halogens is 3. The largest absolute Gasteiger partial charge is 0.336 e. The molecule has 1 aromatic rings. The molecule has 1 amide bonds. The lowest BCUT2D eigenvalue weighted by molar-refractivity contribution is 0.0708. The standard InChI is InChI=1S/C12H14ClFN2O.ClH/c1-8-7-16(5-4-15-8)12(17)9-2-3-10(13)11(14)6-9;/h2-3,6,8,15H,4-5,7H2,1H3;1H. The Hall–Kier alpha value is -0.840. The number of hydrogen-bond acceptors (Lipinski definition) is 2. The summed E-state index contributed by atoms with van der Waals surface area (Å²) in [7, 11) is 0.